The molecule has 1 N–H and O–H groups in total. The Morgan fingerprint density at radius 3 is 2.67 bits per heavy atom. The van der Waals surface area contributed by atoms with Crippen molar-refractivity contribution in [2.45, 2.75) is 51.9 Å². The number of carbonyl (C=O) groups is 1. The van der Waals surface area contributed by atoms with Crippen molar-refractivity contribution in [3.63, 3.8) is 0 Å². The SMILES string of the molecule is Cc1ccc(O[C@@H]2C[C@@H]3CN(C(=O)CCn4ccccc4=O)C[C@@H]3C[C@H]2O)c(C)n1. The van der Waals surface area contributed by atoms with Gasteiger partial charge in [0.05, 0.1) is 11.8 Å². The molecule has 7 heteroatoms. The van der Waals surface area contributed by atoms with Gasteiger partial charge in [0.15, 0.2) is 0 Å². The molecular formula is C23H29N3O4. The molecule has 0 bridgehead atoms. The summed E-state index contributed by atoms with van der Waals surface area (Å²) in [6, 6.07) is 8.81. The zero-order chi connectivity index (χ0) is 21.3. The maximum absolute atomic E-state index is 12.7. The van der Waals surface area contributed by atoms with Crippen molar-refractivity contribution in [2.75, 3.05) is 13.1 Å². The molecule has 1 saturated carbocycles. The first-order chi connectivity index (χ1) is 14.4. The molecule has 1 saturated heterocycles. The number of carbonyl (C=O) groups excluding carboxylic acids is 1. The van der Waals surface area contributed by atoms with E-state index in [2.05, 4.69) is 4.98 Å². The minimum absolute atomic E-state index is 0.0608. The number of aromatic nitrogens is 2. The fourth-order valence-electron chi connectivity index (χ4n) is 4.70. The molecule has 160 valence electrons. The number of rotatable bonds is 5. The van der Waals surface area contributed by atoms with Gasteiger partial charge in [0.2, 0.25) is 5.91 Å². The maximum atomic E-state index is 12.7. The highest BCUT2D eigenvalue weighted by Gasteiger charge is 2.43. The van der Waals surface area contributed by atoms with Crippen molar-refractivity contribution in [2.24, 2.45) is 11.8 Å². The molecule has 2 aliphatic rings. The molecular weight excluding hydrogens is 382 g/mol. The second-order valence-corrected chi connectivity index (χ2v) is 8.53. The van der Waals surface area contributed by atoms with Crippen molar-refractivity contribution in [1.82, 2.24) is 14.5 Å². The molecule has 0 radical (unpaired) electrons. The lowest BCUT2D eigenvalue weighted by Crippen LogP contribution is -2.42. The number of aliphatic hydroxyl groups excluding tert-OH is 1. The van der Waals surface area contributed by atoms with Crippen LogP contribution in [-0.4, -0.2) is 50.8 Å². The predicted octanol–water partition coefficient (Wildman–Crippen LogP) is 1.93. The summed E-state index contributed by atoms with van der Waals surface area (Å²) in [7, 11) is 0. The number of aryl methyl sites for hydroxylation is 3. The number of aliphatic hydroxyl groups is 1. The minimum atomic E-state index is -0.551. The van der Waals surface area contributed by atoms with Gasteiger partial charge < -0.3 is 19.3 Å². The highest BCUT2D eigenvalue weighted by atomic mass is 16.5. The molecule has 1 aliphatic carbocycles. The highest BCUT2D eigenvalue weighted by Crippen LogP contribution is 2.38. The quantitative estimate of drug-likeness (QED) is 0.813. The Labute approximate surface area is 176 Å². The normalized spacial score (nSPS) is 25.8. The summed E-state index contributed by atoms with van der Waals surface area (Å²) >= 11 is 0. The Kier molecular flexibility index (Phi) is 5.90. The minimum Gasteiger partial charge on any atom is -0.486 e. The smallest absolute Gasteiger partial charge is 0.250 e. The van der Waals surface area contributed by atoms with Gasteiger partial charge in [-0.1, -0.05) is 6.07 Å². The van der Waals surface area contributed by atoms with Gasteiger partial charge >= 0.3 is 0 Å². The number of amides is 1. The van der Waals surface area contributed by atoms with Crippen LogP contribution in [0.25, 0.3) is 0 Å². The summed E-state index contributed by atoms with van der Waals surface area (Å²) in [6.07, 6.45) is 2.54. The molecule has 4 atom stereocenters. The molecule has 0 spiro atoms. The van der Waals surface area contributed by atoms with E-state index >= 15 is 0 Å². The highest BCUT2D eigenvalue weighted by molar-refractivity contribution is 5.76. The average Bonchev–Trinajstić information content (AvgIpc) is 3.12. The second-order valence-electron chi connectivity index (χ2n) is 8.53. The average molecular weight is 412 g/mol. The van der Waals surface area contributed by atoms with Crippen molar-refractivity contribution in [3.05, 3.63) is 58.3 Å². The van der Waals surface area contributed by atoms with Gasteiger partial charge in [-0.15, -0.1) is 0 Å². The molecule has 4 rings (SSSR count). The van der Waals surface area contributed by atoms with E-state index in [1.54, 1.807) is 22.9 Å². The van der Waals surface area contributed by atoms with Crippen LogP contribution in [-0.2, 0) is 11.3 Å². The van der Waals surface area contributed by atoms with E-state index in [4.69, 9.17) is 4.74 Å². The van der Waals surface area contributed by atoms with Gasteiger partial charge in [-0.3, -0.25) is 14.6 Å². The Morgan fingerprint density at radius 1 is 1.17 bits per heavy atom. The first kappa shape index (κ1) is 20.6. The van der Waals surface area contributed by atoms with E-state index in [1.807, 2.05) is 30.9 Å². The molecule has 2 aromatic rings. The van der Waals surface area contributed by atoms with Crippen molar-refractivity contribution in [3.8, 4) is 5.75 Å². The summed E-state index contributed by atoms with van der Waals surface area (Å²) in [5, 5.41) is 10.6. The van der Waals surface area contributed by atoms with Crippen LogP contribution in [0.15, 0.2) is 41.3 Å². The number of ether oxygens (including phenoxy) is 1. The van der Waals surface area contributed by atoms with Gasteiger partial charge in [0.1, 0.15) is 11.9 Å². The number of nitrogens with zero attached hydrogens (tertiary/aromatic N) is 3. The van der Waals surface area contributed by atoms with Crippen LogP contribution < -0.4 is 10.3 Å². The Bertz CT molecular complexity index is 973. The largest absolute Gasteiger partial charge is 0.486 e. The van der Waals surface area contributed by atoms with Crippen LogP contribution in [0.2, 0.25) is 0 Å². The zero-order valence-electron chi connectivity index (χ0n) is 17.5. The van der Waals surface area contributed by atoms with Crippen molar-refractivity contribution >= 4 is 5.91 Å². The fourth-order valence-corrected chi connectivity index (χ4v) is 4.70. The van der Waals surface area contributed by atoms with E-state index in [1.165, 1.54) is 6.07 Å². The lowest BCUT2D eigenvalue weighted by Gasteiger charge is -2.35. The van der Waals surface area contributed by atoms with Crippen LogP contribution in [0.4, 0.5) is 0 Å². The second kappa shape index (κ2) is 8.60. The molecule has 0 aromatic carbocycles. The molecule has 1 aliphatic heterocycles. The van der Waals surface area contributed by atoms with E-state index in [0.29, 0.717) is 50.1 Å². The molecule has 3 heterocycles. The van der Waals surface area contributed by atoms with E-state index in [0.717, 1.165) is 17.8 Å². The molecule has 0 unspecified atom stereocenters. The number of hydrogen-bond acceptors (Lipinski definition) is 5. The third-order valence-electron chi connectivity index (χ3n) is 6.36. The monoisotopic (exact) mass is 411 g/mol. The third kappa shape index (κ3) is 4.41. The molecule has 2 aromatic heterocycles. The lowest BCUT2D eigenvalue weighted by atomic mass is 9.78. The summed E-state index contributed by atoms with van der Waals surface area (Å²) < 4.78 is 7.68. The van der Waals surface area contributed by atoms with Crippen molar-refractivity contribution < 1.29 is 14.6 Å². The van der Waals surface area contributed by atoms with Gasteiger partial charge in [-0.2, -0.15) is 0 Å². The Hall–Kier alpha value is -2.67. The summed E-state index contributed by atoms with van der Waals surface area (Å²) in [6.45, 7) is 5.59. The molecule has 1 amide bonds. The maximum Gasteiger partial charge on any atom is 0.250 e. The van der Waals surface area contributed by atoms with E-state index in [9.17, 15) is 14.7 Å². The molecule has 7 nitrogen and oxygen atoms in total. The fraction of sp³-hybridized carbons (Fsp3) is 0.522. The third-order valence-corrected chi connectivity index (χ3v) is 6.36. The number of fused-ring (bicyclic) bond motifs is 1. The molecule has 2 fully saturated rings. The number of likely N-dealkylation sites (tertiary alicyclic amines) is 1. The van der Waals surface area contributed by atoms with Crippen LogP contribution in [0.3, 0.4) is 0 Å². The first-order valence-electron chi connectivity index (χ1n) is 10.6. The van der Waals surface area contributed by atoms with Crippen LogP contribution in [0.1, 0.15) is 30.7 Å². The molecule has 30 heavy (non-hydrogen) atoms. The number of pyridine rings is 2. The van der Waals surface area contributed by atoms with E-state index < -0.39 is 6.10 Å². The van der Waals surface area contributed by atoms with Crippen LogP contribution in [0, 0.1) is 25.7 Å². The standard InChI is InChI=1S/C23H29N3O4/c1-15-6-7-20(16(2)24-15)30-21-12-18-14-26(13-17(18)11-19(21)27)23(29)8-10-25-9-4-3-5-22(25)28/h3-7,9,17-19,21,27H,8,10-14H2,1-2H3/t17-,18+,19+,21+/m0/s1. The summed E-state index contributed by atoms with van der Waals surface area (Å²) in [5.74, 6) is 1.38. The van der Waals surface area contributed by atoms with Gasteiger partial charge in [0, 0.05) is 44.0 Å². The lowest BCUT2D eigenvalue weighted by molar-refractivity contribution is -0.130. The first-order valence-corrected chi connectivity index (χ1v) is 10.6. The summed E-state index contributed by atoms with van der Waals surface area (Å²) in [5.41, 5.74) is 1.67. The zero-order valence-corrected chi connectivity index (χ0v) is 17.5. The van der Waals surface area contributed by atoms with Gasteiger partial charge in [-0.05, 0) is 56.7 Å². The number of hydrogen-bond donors (Lipinski definition) is 1. The van der Waals surface area contributed by atoms with Gasteiger partial charge in [0.25, 0.3) is 5.56 Å². The van der Waals surface area contributed by atoms with Gasteiger partial charge in [-0.25, -0.2) is 0 Å². The Balaban J connectivity index is 1.35. The topological polar surface area (TPSA) is 84.7 Å². The summed E-state index contributed by atoms with van der Waals surface area (Å²) in [4.78, 5) is 30.8. The Morgan fingerprint density at radius 2 is 1.93 bits per heavy atom. The van der Waals surface area contributed by atoms with E-state index in [-0.39, 0.29) is 17.6 Å². The van der Waals surface area contributed by atoms with Crippen LogP contribution in [0.5, 0.6) is 5.75 Å². The van der Waals surface area contributed by atoms with Crippen molar-refractivity contribution in [1.29, 1.82) is 0 Å². The van der Waals surface area contributed by atoms with Crippen LogP contribution >= 0.6 is 0 Å². The predicted molar refractivity (Wildman–Crippen MR) is 112 cm³/mol.